The van der Waals surface area contributed by atoms with Crippen molar-refractivity contribution in [3.63, 3.8) is 0 Å². The van der Waals surface area contributed by atoms with Crippen LogP contribution in [0.1, 0.15) is 30.1 Å². The van der Waals surface area contributed by atoms with E-state index in [0.29, 0.717) is 0 Å². The van der Waals surface area contributed by atoms with Gasteiger partial charge in [0.25, 0.3) is 0 Å². The number of hydrogen-bond acceptors (Lipinski definition) is 2. The lowest BCUT2D eigenvalue weighted by Gasteiger charge is -2.16. The first-order chi connectivity index (χ1) is 7.00. The first-order valence-corrected chi connectivity index (χ1v) is 4.78. The minimum Gasteiger partial charge on any atom is -0.324 e. The van der Waals surface area contributed by atoms with Gasteiger partial charge in [-0.05, 0) is 30.4 Å². The zero-order valence-electron chi connectivity index (χ0n) is 7.96. The molecule has 0 aromatic carbocycles. The van der Waals surface area contributed by atoms with Gasteiger partial charge in [-0.25, -0.2) is 0 Å². The molecule has 1 aromatic rings. The van der Waals surface area contributed by atoms with Crippen LogP contribution in [0.2, 0.25) is 0 Å². The van der Waals surface area contributed by atoms with E-state index in [1.165, 1.54) is 12.1 Å². The zero-order valence-corrected chi connectivity index (χ0v) is 7.96. The predicted molar refractivity (Wildman–Crippen MR) is 48.9 cm³/mol. The molecule has 1 atom stereocenters. The number of nitrogens with zero attached hydrogens (tertiary/aromatic N) is 1. The number of aromatic nitrogens is 1. The fourth-order valence-electron chi connectivity index (χ4n) is 1.63. The van der Waals surface area contributed by atoms with Crippen LogP contribution in [0, 0.1) is 5.92 Å². The SMILES string of the molecule is N[C@@H](c1cccnc1C(F)(F)F)C1CC1. The molecule has 0 saturated heterocycles. The van der Waals surface area contributed by atoms with Gasteiger partial charge in [0.15, 0.2) is 0 Å². The van der Waals surface area contributed by atoms with Crippen LogP contribution < -0.4 is 5.73 Å². The van der Waals surface area contributed by atoms with Gasteiger partial charge >= 0.3 is 6.18 Å². The van der Waals surface area contributed by atoms with Crippen molar-refractivity contribution in [3.05, 3.63) is 29.6 Å². The summed E-state index contributed by atoms with van der Waals surface area (Å²) in [5.41, 5.74) is 5.03. The molecule has 0 amide bonds. The number of alkyl halides is 3. The molecule has 2 nitrogen and oxygen atoms in total. The Hall–Kier alpha value is -1.10. The molecule has 1 fully saturated rings. The molecule has 1 aromatic heterocycles. The molecule has 2 N–H and O–H groups in total. The van der Waals surface area contributed by atoms with Crippen molar-refractivity contribution < 1.29 is 13.2 Å². The second kappa shape index (κ2) is 3.48. The summed E-state index contributed by atoms with van der Waals surface area (Å²) < 4.78 is 37.7. The average Bonchev–Trinajstić information content (AvgIpc) is 2.98. The molecule has 0 aliphatic heterocycles. The van der Waals surface area contributed by atoms with Crippen molar-refractivity contribution in [3.8, 4) is 0 Å². The van der Waals surface area contributed by atoms with E-state index in [1.54, 1.807) is 0 Å². The van der Waals surface area contributed by atoms with Gasteiger partial charge in [-0.1, -0.05) is 6.07 Å². The molecule has 2 rings (SSSR count). The van der Waals surface area contributed by atoms with E-state index in [9.17, 15) is 13.2 Å². The monoisotopic (exact) mass is 216 g/mol. The highest BCUT2D eigenvalue weighted by Crippen LogP contribution is 2.42. The van der Waals surface area contributed by atoms with Crippen LogP contribution in [-0.2, 0) is 6.18 Å². The Bertz CT molecular complexity index is 358. The smallest absolute Gasteiger partial charge is 0.324 e. The third-order valence-electron chi connectivity index (χ3n) is 2.60. The summed E-state index contributed by atoms with van der Waals surface area (Å²) in [4.78, 5) is 3.38. The lowest BCUT2D eigenvalue weighted by atomic mass is 10.0. The second-order valence-corrected chi connectivity index (χ2v) is 3.80. The summed E-state index contributed by atoms with van der Waals surface area (Å²) in [6.07, 6.45) is -1.45. The van der Waals surface area contributed by atoms with Gasteiger partial charge in [-0.3, -0.25) is 4.98 Å². The van der Waals surface area contributed by atoms with Gasteiger partial charge in [-0.15, -0.1) is 0 Å². The van der Waals surface area contributed by atoms with E-state index in [-0.39, 0.29) is 11.5 Å². The Morgan fingerprint density at radius 2 is 2.07 bits per heavy atom. The molecule has 0 unspecified atom stereocenters. The maximum absolute atomic E-state index is 12.6. The Morgan fingerprint density at radius 3 is 2.60 bits per heavy atom. The molecule has 82 valence electrons. The van der Waals surface area contributed by atoms with Crippen LogP contribution in [-0.4, -0.2) is 4.98 Å². The largest absolute Gasteiger partial charge is 0.433 e. The number of hydrogen-bond donors (Lipinski definition) is 1. The van der Waals surface area contributed by atoms with Crippen LogP contribution in [0.5, 0.6) is 0 Å². The zero-order chi connectivity index (χ0) is 11.1. The van der Waals surface area contributed by atoms with Gasteiger partial charge in [-0.2, -0.15) is 13.2 Å². The lowest BCUT2D eigenvalue weighted by Crippen LogP contribution is -2.20. The summed E-state index contributed by atoms with van der Waals surface area (Å²) in [5.74, 6) is 0.190. The normalized spacial score (nSPS) is 18.9. The van der Waals surface area contributed by atoms with Crippen LogP contribution in [0.3, 0.4) is 0 Å². The topological polar surface area (TPSA) is 38.9 Å². The summed E-state index contributed by atoms with van der Waals surface area (Å²) in [6, 6.07) is 2.38. The quantitative estimate of drug-likeness (QED) is 0.824. The third kappa shape index (κ3) is 2.12. The first-order valence-electron chi connectivity index (χ1n) is 4.78. The van der Waals surface area contributed by atoms with Gasteiger partial charge in [0.1, 0.15) is 5.69 Å². The maximum Gasteiger partial charge on any atom is 0.433 e. The summed E-state index contributed by atoms with van der Waals surface area (Å²) >= 11 is 0. The molecule has 0 spiro atoms. The van der Waals surface area contributed by atoms with Crippen LogP contribution >= 0.6 is 0 Å². The molecule has 1 aliphatic carbocycles. The molecule has 0 bridgehead atoms. The summed E-state index contributed by atoms with van der Waals surface area (Å²) in [5, 5.41) is 0. The fourth-order valence-corrected chi connectivity index (χ4v) is 1.63. The lowest BCUT2D eigenvalue weighted by molar-refractivity contribution is -0.142. The highest BCUT2D eigenvalue weighted by molar-refractivity contribution is 5.27. The number of pyridine rings is 1. The molecule has 5 heteroatoms. The van der Waals surface area contributed by atoms with E-state index in [4.69, 9.17) is 5.73 Å². The third-order valence-corrected chi connectivity index (χ3v) is 2.60. The highest BCUT2D eigenvalue weighted by Gasteiger charge is 2.39. The van der Waals surface area contributed by atoms with Gasteiger partial charge in [0, 0.05) is 12.2 Å². The van der Waals surface area contributed by atoms with E-state index in [0.717, 1.165) is 19.0 Å². The fraction of sp³-hybridized carbons (Fsp3) is 0.500. The van der Waals surface area contributed by atoms with E-state index < -0.39 is 17.9 Å². The molecule has 0 radical (unpaired) electrons. The standard InChI is InChI=1S/C10H11F3N2/c11-10(12,13)9-7(2-1-5-15-9)8(14)6-3-4-6/h1-2,5-6,8H,3-4,14H2/t8-/m1/s1. The minimum absolute atomic E-state index is 0.118. The van der Waals surface area contributed by atoms with Crippen LogP contribution in [0.15, 0.2) is 18.3 Å². The minimum atomic E-state index is -4.41. The molecular weight excluding hydrogens is 205 g/mol. The molecule has 1 saturated carbocycles. The van der Waals surface area contributed by atoms with Crippen molar-refractivity contribution in [2.45, 2.75) is 25.1 Å². The molecule has 1 heterocycles. The first kappa shape index (κ1) is 10.4. The van der Waals surface area contributed by atoms with E-state index in [2.05, 4.69) is 4.98 Å². The predicted octanol–water partition coefficient (Wildman–Crippen LogP) is 2.51. The average molecular weight is 216 g/mol. The second-order valence-electron chi connectivity index (χ2n) is 3.80. The van der Waals surface area contributed by atoms with Crippen LogP contribution in [0.4, 0.5) is 13.2 Å². The summed E-state index contributed by atoms with van der Waals surface area (Å²) in [6.45, 7) is 0. The van der Waals surface area contributed by atoms with Crippen molar-refractivity contribution >= 4 is 0 Å². The van der Waals surface area contributed by atoms with Gasteiger partial charge in [0.05, 0.1) is 0 Å². The Labute approximate surface area is 85.3 Å². The molecule has 1 aliphatic rings. The number of rotatable bonds is 2. The van der Waals surface area contributed by atoms with Crippen molar-refractivity contribution in [2.24, 2.45) is 11.7 Å². The highest BCUT2D eigenvalue weighted by atomic mass is 19.4. The van der Waals surface area contributed by atoms with Crippen molar-refractivity contribution in [1.29, 1.82) is 0 Å². The number of nitrogens with two attached hydrogens (primary N) is 1. The van der Waals surface area contributed by atoms with E-state index in [1.807, 2.05) is 0 Å². The Kier molecular flexibility index (Phi) is 2.42. The van der Waals surface area contributed by atoms with E-state index >= 15 is 0 Å². The number of halogens is 3. The van der Waals surface area contributed by atoms with Gasteiger partial charge < -0.3 is 5.73 Å². The van der Waals surface area contributed by atoms with Crippen molar-refractivity contribution in [1.82, 2.24) is 4.98 Å². The maximum atomic E-state index is 12.6. The van der Waals surface area contributed by atoms with Crippen LogP contribution in [0.25, 0.3) is 0 Å². The molecular formula is C10H11F3N2. The Morgan fingerprint density at radius 1 is 1.40 bits per heavy atom. The Balaban J connectivity index is 2.37. The van der Waals surface area contributed by atoms with Crippen molar-refractivity contribution in [2.75, 3.05) is 0 Å². The summed E-state index contributed by atoms with van der Waals surface area (Å²) in [7, 11) is 0. The van der Waals surface area contributed by atoms with Gasteiger partial charge in [0.2, 0.25) is 0 Å². The molecule has 15 heavy (non-hydrogen) atoms.